The molecule has 2 saturated carbocycles. The molecule has 3 N–H and O–H groups in total. The number of ether oxygens (including phenoxy) is 1. The highest BCUT2D eigenvalue weighted by molar-refractivity contribution is 5.73. The number of nitrogens with zero attached hydrogens (tertiary/aromatic N) is 1. The molecule has 1 amide bonds. The first-order valence-corrected chi connectivity index (χ1v) is 10.4. The lowest BCUT2D eigenvalue weighted by molar-refractivity contribution is -0.122. The molecule has 2 aliphatic carbocycles. The van der Waals surface area contributed by atoms with E-state index in [0.29, 0.717) is 19.6 Å². The summed E-state index contributed by atoms with van der Waals surface area (Å²) >= 11 is 0. The topological polar surface area (TPSA) is 86.2 Å². The third-order valence-corrected chi connectivity index (χ3v) is 6.50. The van der Waals surface area contributed by atoms with Gasteiger partial charge in [0.1, 0.15) is 6.17 Å². The zero-order chi connectivity index (χ0) is 19.4. The number of halogens is 1. The molecule has 1 heterocycles. The van der Waals surface area contributed by atoms with E-state index in [9.17, 15) is 14.4 Å². The molecule has 3 aliphatic rings. The van der Waals surface area contributed by atoms with E-state index in [1.807, 2.05) is 6.92 Å². The Morgan fingerprint density at radius 3 is 2.74 bits per heavy atom. The third-order valence-electron chi connectivity index (χ3n) is 6.50. The number of hydrogen-bond donors (Lipinski definition) is 3. The predicted molar refractivity (Wildman–Crippen MR) is 101 cm³/mol. The fourth-order valence-corrected chi connectivity index (χ4v) is 5.23. The molecule has 8 unspecified atom stereocenters. The quantitative estimate of drug-likeness (QED) is 0.675. The van der Waals surface area contributed by atoms with E-state index in [2.05, 4.69) is 22.0 Å². The van der Waals surface area contributed by atoms with Crippen molar-refractivity contribution in [2.45, 2.75) is 88.8 Å². The minimum Gasteiger partial charge on any atom is -0.376 e. The average Bonchev–Trinajstić information content (AvgIpc) is 2.64. The van der Waals surface area contributed by atoms with E-state index < -0.39 is 6.17 Å². The number of piperidine rings is 1. The molecule has 152 valence electrons. The molecular formula is C20H33FN4O2. The van der Waals surface area contributed by atoms with Crippen LogP contribution in [-0.2, 0) is 9.53 Å². The van der Waals surface area contributed by atoms with Gasteiger partial charge in [0.25, 0.3) is 0 Å². The molecule has 3 rings (SSSR count). The lowest BCUT2D eigenvalue weighted by atomic mass is 9.69. The van der Waals surface area contributed by atoms with Gasteiger partial charge in [-0.25, -0.2) is 4.39 Å². The van der Waals surface area contributed by atoms with E-state index in [-0.39, 0.29) is 48.0 Å². The Bertz CT molecular complexity index is 555. The van der Waals surface area contributed by atoms with Crippen molar-refractivity contribution >= 4 is 5.91 Å². The Kier molecular flexibility index (Phi) is 7.07. The van der Waals surface area contributed by atoms with Gasteiger partial charge in [0.05, 0.1) is 24.1 Å². The molecule has 0 bridgehead atoms. The Hall–Kier alpha value is -1.23. The summed E-state index contributed by atoms with van der Waals surface area (Å²) in [6.45, 7) is 4.71. The van der Waals surface area contributed by atoms with Gasteiger partial charge in [-0.3, -0.25) is 4.79 Å². The molecule has 0 radical (unpaired) electrons. The second kappa shape index (κ2) is 9.31. The minimum atomic E-state index is -0.836. The van der Waals surface area contributed by atoms with Crippen LogP contribution in [0.3, 0.4) is 0 Å². The number of amides is 1. The van der Waals surface area contributed by atoms with Crippen LogP contribution >= 0.6 is 0 Å². The first-order valence-electron chi connectivity index (χ1n) is 10.4. The van der Waals surface area contributed by atoms with E-state index >= 15 is 0 Å². The average molecular weight is 381 g/mol. The van der Waals surface area contributed by atoms with Crippen molar-refractivity contribution < 1.29 is 13.9 Å². The van der Waals surface area contributed by atoms with Crippen molar-refractivity contribution in [2.24, 2.45) is 11.8 Å². The summed E-state index contributed by atoms with van der Waals surface area (Å²) in [6.07, 6.45) is 4.08. The summed E-state index contributed by atoms with van der Waals surface area (Å²) in [4.78, 5) is 11.7. The van der Waals surface area contributed by atoms with Crippen LogP contribution in [0.4, 0.5) is 4.39 Å². The zero-order valence-electron chi connectivity index (χ0n) is 16.4. The van der Waals surface area contributed by atoms with Crippen molar-refractivity contribution in [2.75, 3.05) is 13.2 Å². The monoisotopic (exact) mass is 380 g/mol. The van der Waals surface area contributed by atoms with E-state index in [4.69, 9.17) is 4.74 Å². The number of fused-ring (bicyclic) bond motifs is 1. The van der Waals surface area contributed by atoms with Crippen LogP contribution in [0.5, 0.6) is 0 Å². The van der Waals surface area contributed by atoms with E-state index in [1.165, 1.54) is 6.92 Å². The Morgan fingerprint density at radius 2 is 2.07 bits per heavy atom. The molecule has 0 spiro atoms. The fourth-order valence-electron chi connectivity index (χ4n) is 5.23. The van der Waals surface area contributed by atoms with Gasteiger partial charge < -0.3 is 20.7 Å². The first kappa shape index (κ1) is 20.5. The molecule has 1 aliphatic heterocycles. The molecule has 27 heavy (non-hydrogen) atoms. The third kappa shape index (κ3) is 4.79. The molecule has 1 saturated heterocycles. The predicted octanol–water partition coefficient (Wildman–Crippen LogP) is 1.66. The highest BCUT2D eigenvalue weighted by Gasteiger charge is 2.47. The van der Waals surface area contributed by atoms with Gasteiger partial charge in [-0.1, -0.05) is 12.8 Å². The Labute approximate surface area is 161 Å². The number of rotatable bonds is 5. The SMILES string of the molecule is CCOC1CC2NCC(C#N)C(NC3CCCCC3F)C2CC1NC(C)=O. The molecule has 0 aromatic carbocycles. The lowest BCUT2D eigenvalue weighted by Crippen LogP contribution is -2.66. The highest BCUT2D eigenvalue weighted by atomic mass is 19.1. The van der Waals surface area contributed by atoms with Gasteiger partial charge in [0, 0.05) is 38.2 Å². The lowest BCUT2D eigenvalue weighted by Gasteiger charge is -2.50. The molecule has 8 atom stereocenters. The smallest absolute Gasteiger partial charge is 0.217 e. The normalized spacial score (nSPS) is 42.0. The molecule has 7 heteroatoms. The van der Waals surface area contributed by atoms with Crippen LogP contribution in [0.15, 0.2) is 0 Å². The fraction of sp³-hybridized carbons (Fsp3) is 0.900. The summed E-state index contributed by atoms with van der Waals surface area (Å²) in [5.41, 5.74) is 0. The second-order valence-corrected chi connectivity index (χ2v) is 8.29. The van der Waals surface area contributed by atoms with Crippen molar-refractivity contribution in [3.05, 3.63) is 0 Å². The maximum atomic E-state index is 14.4. The van der Waals surface area contributed by atoms with Crippen LogP contribution in [0.25, 0.3) is 0 Å². The number of alkyl halides is 1. The van der Waals surface area contributed by atoms with Gasteiger partial charge in [-0.15, -0.1) is 0 Å². The first-order chi connectivity index (χ1) is 13.0. The van der Waals surface area contributed by atoms with Crippen molar-refractivity contribution in [3.63, 3.8) is 0 Å². The van der Waals surface area contributed by atoms with Gasteiger partial charge in [0.15, 0.2) is 0 Å². The number of hydrogen-bond acceptors (Lipinski definition) is 5. The summed E-state index contributed by atoms with van der Waals surface area (Å²) in [5, 5.41) is 19.8. The summed E-state index contributed by atoms with van der Waals surface area (Å²) in [7, 11) is 0. The Balaban J connectivity index is 1.76. The molecular weight excluding hydrogens is 347 g/mol. The van der Waals surface area contributed by atoms with Gasteiger partial charge in [-0.05, 0) is 38.5 Å². The van der Waals surface area contributed by atoms with Crippen LogP contribution in [0.2, 0.25) is 0 Å². The Morgan fingerprint density at radius 1 is 1.30 bits per heavy atom. The molecule has 6 nitrogen and oxygen atoms in total. The molecule has 0 aromatic rings. The van der Waals surface area contributed by atoms with Crippen molar-refractivity contribution in [1.29, 1.82) is 5.26 Å². The highest BCUT2D eigenvalue weighted by Crippen LogP contribution is 2.36. The van der Waals surface area contributed by atoms with Gasteiger partial charge in [0.2, 0.25) is 5.91 Å². The summed E-state index contributed by atoms with van der Waals surface area (Å²) < 4.78 is 20.3. The van der Waals surface area contributed by atoms with Crippen molar-refractivity contribution in [1.82, 2.24) is 16.0 Å². The number of nitriles is 1. The van der Waals surface area contributed by atoms with Gasteiger partial charge in [-0.2, -0.15) is 5.26 Å². The molecule has 3 fully saturated rings. The summed E-state index contributed by atoms with van der Waals surface area (Å²) in [6, 6.07) is 2.35. The largest absolute Gasteiger partial charge is 0.376 e. The number of carbonyl (C=O) groups excluding carboxylic acids is 1. The standard InChI is InChI=1S/C20H33FN4O2/c1-3-27-19-9-17-14(8-18(19)24-12(2)26)20(13(10-22)11-23-17)25-16-7-5-4-6-15(16)21/h13-20,23,25H,3-9,11H2,1-2H3,(H,24,26). The maximum Gasteiger partial charge on any atom is 0.217 e. The summed E-state index contributed by atoms with van der Waals surface area (Å²) in [5.74, 6) is -0.0857. The number of carbonyl (C=O) groups is 1. The minimum absolute atomic E-state index is 0.0319. The van der Waals surface area contributed by atoms with Crippen LogP contribution < -0.4 is 16.0 Å². The molecule has 0 aromatic heterocycles. The van der Waals surface area contributed by atoms with Gasteiger partial charge >= 0.3 is 0 Å². The van der Waals surface area contributed by atoms with Crippen LogP contribution in [-0.4, -0.2) is 55.5 Å². The second-order valence-electron chi connectivity index (χ2n) is 8.29. The van der Waals surface area contributed by atoms with E-state index in [1.54, 1.807) is 0 Å². The van der Waals surface area contributed by atoms with E-state index in [0.717, 1.165) is 32.1 Å². The van der Waals surface area contributed by atoms with Crippen molar-refractivity contribution in [3.8, 4) is 6.07 Å². The van der Waals surface area contributed by atoms with Crippen LogP contribution in [0.1, 0.15) is 52.4 Å². The zero-order valence-corrected chi connectivity index (χ0v) is 16.4. The van der Waals surface area contributed by atoms with Crippen LogP contribution in [0, 0.1) is 23.2 Å². The number of nitrogens with one attached hydrogen (secondary N) is 3. The maximum absolute atomic E-state index is 14.4.